The molecular weight excluding hydrogens is 302 g/mol. The van der Waals surface area contributed by atoms with E-state index in [9.17, 15) is 0 Å². The third-order valence-corrected chi connectivity index (χ3v) is 5.00. The van der Waals surface area contributed by atoms with Crippen molar-refractivity contribution in [1.29, 1.82) is 0 Å². The van der Waals surface area contributed by atoms with Gasteiger partial charge in [-0.25, -0.2) is 4.52 Å². The molecule has 1 aliphatic heterocycles. The second-order valence-electron chi connectivity index (χ2n) is 6.48. The molecule has 0 aromatic carbocycles. The fourth-order valence-electron chi connectivity index (χ4n) is 3.65. The monoisotopic (exact) mass is 325 g/mol. The third kappa shape index (κ3) is 2.52. The van der Waals surface area contributed by atoms with E-state index in [1.54, 1.807) is 0 Å². The average Bonchev–Trinajstić information content (AvgIpc) is 3.25. The molecule has 0 unspecified atom stereocenters. The van der Waals surface area contributed by atoms with Crippen LogP contribution in [0.4, 0.5) is 0 Å². The van der Waals surface area contributed by atoms with E-state index in [4.69, 9.17) is 4.74 Å². The van der Waals surface area contributed by atoms with Gasteiger partial charge in [-0.2, -0.15) is 10.2 Å². The number of ether oxygens (including phenoxy) is 1. The molecule has 1 saturated heterocycles. The Balaban J connectivity index is 1.53. The van der Waals surface area contributed by atoms with Gasteiger partial charge in [0, 0.05) is 49.3 Å². The van der Waals surface area contributed by atoms with Gasteiger partial charge < -0.3 is 10.1 Å². The Morgan fingerprint density at radius 3 is 3.00 bits per heavy atom. The predicted molar refractivity (Wildman–Crippen MR) is 91.8 cm³/mol. The molecule has 0 bridgehead atoms. The molecule has 0 radical (unpaired) electrons. The van der Waals surface area contributed by atoms with Crippen molar-refractivity contribution in [3.8, 4) is 0 Å². The minimum atomic E-state index is 0.0699. The molecule has 24 heavy (non-hydrogen) atoms. The first-order valence-electron chi connectivity index (χ1n) is 8.41. The molecule has 3 aromatic heterocycles. The molecular formula is C18H23N5O. The minimum Gasteiger partial charge on any atom is -0.372 e. The van der Waals surface area contributed by atoms with Gasteiger partial charge in [-0.05, 0) is 32.4 Å². The Morgan fingerprint density at radius 1 is 1.33 bits per heavy atom. The third-order valence-electron chi connectivity index (χ3n) is 5.00. The van der Waals surface area contributed by atoms with Gasteiger partial charge >= 0.3 is 0 Å². The smallest absolute Gasteiger partial charge is 0.101 e. The molecule has 6 nitrogen and oxygen atoms in total. The van der Waals surface area contributed by atoms with E-state index in [-0.39, 0.29) is 6.10 Å². The van der Waals surface area contributed by atoms with Crippen molar-refractivity contribution < 1.29 is 4.74 Å². The van der Waals surface area contributed by atoms with Crippen molar-refractivity contribution in [2.24, 2.45) is 7.05 Å². The van der Waals surface area contributed by atoms with E-state index in [2.05, 4.69) is 35.4 Å². The van der Waals surface area contributed by atoms with Gasteiger partial charge in [-0.1, -0.05) is 6.07 Å². The first-order chi connectivity index (χ1) is 11.6. The van der Waals surface area contributed by atoms with E-state index < -0.39 is 0 Å². The van der Waals surface area contributed by atoms with Gasteiger partial charge in [-0.15, -0.1) is 0 Å². The first-order valence-corrected chi connectivity index (χ1v) is 8.41. The summed E-state index contributed by atoms with van der Waals surface area (Å²) in [6.07, 6.45) is 4.99. The van der Waals surface area contributed by atoms with Gasteiger partial charge in [-0.3, -0.25) is 4.68 Å². The molecule has 4 rings (SSSR count). The summed E-state index contributed by atoms with van der Waals surface area (Å²) in [5, 5.41) is 12.6. The number of hydrogen-bond acceptors (Lipinski definition) is 4. The Hall–Kier alpha value is -2.18. The summed E-state index contributed by atoms with van der Waals surface area (Å²) in [5.41, 5.74) is 5.83. The summed E-state index contributed by atoms with van der Waals surface area (Å²) in [5.74, 6) is 0. The van der Waals surface area contributed by atoms with E-state index >= 15 is 0 Å². The van der Waals surface area contributed by atoms with E-state index in [0.717, 1.165) is 30.8 Å². The Bertz CT molecular complexity index is 866. The predicted octanol–water partition coefficient (Wildman–Crippen LogP) is 2.30. The number of aromatic nitrogens is 4. The normalized spacial score (nSPS) is 21.0. The van der Waals surface area contributed by atoms with Crippen molar-refractivity contribution in [1.82, 2.24) is 24.7 Å². The number of fused-ring (bicyclic) bond motifs is 1. The molecule has 2 atom stereocenters. The van der Waals surface area contributed by atoms with Crippen molar-refractivity contribution in [2.75, 3.05) is 6.61 Å². The second-order valence-corrected chi connectivity index (χ2v) is 6.48. The van der Waals surface area contributed by atoms with Crippen LogP contribution in [0.3, 0.4) is 0 Å². The highest BCUT2D eigenvalue weighted by Crippen LogP contribution is 2.33. The molecule has 0 spiro atoms. The van der Waals surface area contributed by atoms with E-state index in [1.165, 1.54) is 16.8 Å². The number of aryl methyl sites for hydroxylation is 2. The molecule has 1 aliphatic rings. The lowest BCUT2D eigenvalue weighted by Gasteiger charge is -2.20. The molecule has 1 N–H and O–H groups in total. The molecule has 0 saturated carbocycles. The first kappa shape index (κ1) is 15.4. The lowest BCUT2D eigenvalue weighted by Crippen LogP contribution is -2.31. The number of hydrogen-bond donors (Lipinski definition) is 1. The fraction of sp³-hybridized carbons (Fsp3) is 0.444. The number of nitrogens with one attached hydrogen (secondary N) is 1. The zero-order chi connectivity index (χ0) is 16.7. The topological polar surface area (TPSA) is 56.4 Å². The van der Waals surface area contributed by atoms with E-state index in [0.29, 0.717) is 6.04 Å². The average molecular weight is 325 g/mol. The van der Waals surface area contributed by atoms with Crippen LogP contribution in [0, 0.1) is 13.8 Å². The maximum atomic E-state index is 6.05. The fourth-order valence-corrected chi connectivity index (χ4v) is 3.65. The van der Waals surface area contributed by atoms with Crippen molar-refractivity contribution in [2.45, 2.75) is 39.0 Å². The summed E-state index contributed by atoms with van der Waals surface area (Å²) < 4.78 is 9.90. The van der Waals surface area contributed by atoms with Crippen LogP contribution in [-0.2, 0) is 18.3 Å². The largest absolute Gasteiger partial charge is 0.372 e. The Morgan fingerprint density at radius 2 is 2.21 bits per heavy atom. The highest BCUT2D eigenvalue weighted by molar-refractivity contribution is 5.53. The maximum Gasteiger partial charge on any atom is 0.101 e. The summed E-state index contributed by atoms with van der Waals surface area (Å²) >= 11 is 0. The minimum absolute atomic E-state index is 0.0699. The lowest BCUT2D eigenvalue weighted by molar-refractivity contribution is 0.0974. The molecule has 1 fully saturated rings. The van der Waals surface area contributed by atoms with Gasteiger partial charge in [0.15, 0.2) is 0 Å². The molecule has 3 aromatic rings. The van der Waals surface area contributed by atoms with Crippen molar-refractivity contribution in [3.05, 3.63) is 53.1 Å². The zero-order valence-corrected chi connectivity index (χ0v) is 14.4. The highest BCUT2D eigenvalue weighted by atomic mass is 16.5. The highest BCUT2D eigenvalue weighted by Gasteiger charge is 2.33. The molecule has 6 heteroatoms. The van der Waals surface area contributed by atoms with Crippen LogP contribution in [0.2, 0.25) is 0 Å². The zero-order valence-electron chi connectivity index (χ0n) is 14.4. The Labute approximate surface area is 141 Å². The SMILES string of the molecule is Cc1nn(C)c(C)c1[C@H]1OCC[C@@H]1NCc1cnn2ccccc12. The summed E-state index contributed by atoms with van der Waals surface area (Å²) in [7, 11) is 1.99. The van der Waals surface area contributed by atoms with Crippen LogP contribution in [-0.4, -0.2) is 32.0 Å². The lowest BCUT2D eigenvalue weighted by atomic mass is 10.00. The van der Waals surface area contributed by atoms with Crippen LogP contribution >= 0.6 is 0 Å². The van der Waals surface area contributed by atoms with Crippen LogP contribution in [0.5, 0.6) is 0 Å². The van der Waals surface area contributed by atoms with Crippen LogP contribution in [0.1, 0.15) is 35.0 Å². The second kappa shape index (κ2) is 6.03. The van der Waals surface area contributed by atoms with Gasteiger partial charge in [0.05, 0.1) is 17.4 Å². The number of pyridine rings is 1. The van der Waals surface area contributed by atoms with Crippen molar-refractivity contribution >= 4 is 5.52 Å². The Kier molecular flexibility index (Phi) is 3.86. The quantitative estimate of drug-likeness (QED) is 0.800. The van der Waals surface area contributed by atoms with Crippen LogP contribution < -0.4 is 5.32 Å². The van der Waals surface area contributed by atoms with Gasteiger partial charge in [0.1, 0.15) is 6.10 Å². The number of nitrogens with zero attached hydrogens (tertiary/aromatic N) is 4. The van der Waals surface area contributed by atoms with Crippen LogP contribution in [0.25, 0.3) is 5.52 Å². The summed E-state index contributed by atoms with van der Waals surface area (Å²) in [4.78, 5) is 0. The molecule has 0 amide bonds. The van der Waals surface area contributed by atoms with Gasteiger partial charge in [0.2, 0.25) is 0 Å². The molecule has 126 valence electrons. The van der Waals surface area contributed by atoms with Crippen molar-refractivity contribution in [3.63, 3.8) is 0 Å². The summed E-state index contributed by atoms with van der Waals surface area (Å²) in [6.45, 7) is 5.74. The molecule has 4 heterocycles. The van der Waals surface area contributed by atoms with Crippen LogP contribution in [0.15, 0.2) is 30.6 Å². The number of rotatable bonds is 4. The molecule has 0 aliphatic carbocycles. The van der Waals surface area contributed by atoms with E-state index in [1.807, 2.05) is 40.8 Å². The maximum absolute atomic E-state index is 6.05. The standard InChI is InChI=1S/C18H23N5O/c1-12-17(13(2)22(3)21-12)18-15(7-9-24-18)19-10-14-11-20-23-8-5-4-6-16(14)23/h4-6,8,11,15,18-19H,7,9-10H2,1-3H3/t15-,18-/m0/s1. The van der Waals surface area contributed by atoms with Gasteiger partial charge in [0.25, 0.3) is 0 Å². The summed E-state index contributed by atoms with van der Waals surface area (Å²) in [6, 6.07) is 6.43.